The molecule has 2 aliphatic heterocycles. The smallest absolute Gasteiger partial charge is 0.309 e. The average Bonchev–Trinajstić information content (AvgIpc) is 3.59. The quantitative estimate of drug-likeness (QED) is 0.301. The lowest BCUT2D eigenvalue weighted by Crippen LogP contribution is -2.47. The Balaban J connectivity index is 1.36. The molecule has 0 radical (unpaired) electrons. The highest BCUT2D eigenvalue weighted by Crippen LogP contribution is 2.38. The lowest BCUT2D eigenvalue weighted by Gasteiger charge is -2.34. The Hall–Kier alpha value is -2.74. The zero-order chi connectivity index (χ0) is 36.9. The fraction of sp³-hybridized carbons (Fsp3) is 0.683. The van der Waals surface area contributed by atoms with Crippen molar-refractivity contribution in [1.82, 2.24) is 9.80 Å². The van der Waals surface area contributed by atoms with Gasteiger partial charge in [0.2, 0.25) is 0 Å². The maximum absolute atomic E-state index is 13.5. The maximum atomic E-state index is 13.5. The molecule has 1 saturated heterocycles. The monoisotopic (exact) mass is 725 g/mol. The minimum atomic E-state index is -0.877. The molecule has 0 bridgehead atoms. The summed E-state index contributed by atoms with van der Waals surface area (Å²) < 4.78 is 11.9. The number of rotatable bonds is 7. The Morgan fingerprint density at radius 1 is 0.980 bits per heavy atom. The van der Waals surface area contributed by atoms with Gasteiger partial charge in [-0.05, 0) is 79.5 Å². The van der Waals surface area contributed by atoms with Gasteiger partial charge in [-0.25, -0.2) is 0 Å². The number of aliphatic hydroxyl groups is 2. The van der Waals surface area contributed by atoms with E-state index in [1.165, 1.54) is 5.56 Å². The fourth-order valence-corrected chi connectivity index (χ4v) is 8.48. The molecule has 4 rings (SSSR count). The standard InChI is InChI=1S/C41H60ClN3O6/c1-28-22-29(2)24-31(4)40(48)33(26-43)8-5-6-11-38(51-39(47)25-37(46)30(3)23-28)35-9-7-10-36(35)41(49)50-21-20-44-16-18-45(19-17-44)27-32-12-14-34(42)15-13-32/h5-6,8,12-15,28-31,35-38,40,46,48H,7,9-11,16-25,27H2,1-4H3/b6-5+,33-8-/t28-,29+,30-,31-,35+,36+,37-,38-,40+/m0/s1. The molecule has 0 amide bonds. The van der Waals surface area contributed by atoms with Crippen LogP contribution in [0.1, 0.15) is 84.6 Å². The van der Waals surface area contributed by atoms with Crippen LogP contribution in [0.5, 0.6) is 0 Å². The van der Waals surface area contributed by atoms with Crippen molar-refractivity contribution in [2.75, 3.05) is 39.3 Å². The Morgan fingerprint density at radius 2 is 1.65 bits per heavy atom. The molecule has 1 aromatic carbocycles. The lowest BCUT2D eigenvalue weighted by atomic mass is 9.82. The third-order valence-electron chi connectivity index (χ3n) is 11.2. The van der Waals surface area contributed by atoms with E-state index in [0.29, 0.717) is 43.4 Å². The number of nitrogens with zero attached hydrogens (tertiary/aromatic N) is 3. The highest BCUT2D eigenvalue weighted by Gasteiger charge is 2.41. The molecule has 9 atom stereocenters. The Bertz CT molecular complexity index is 1350. The number of allylic oxidation sites excluding steroid dienone is 2. The summed E-state index contributed by atoms with van der Waals surface area (Å²) in [6, 6.07) is 10.1. The molecule has 282 valence electrons. The number of cyclic esters (lactones) is 1. The summed E-state index contributed by atoms with van der Waals surface area (Å²) in [5, 5.41) is 32.5. The van der Waals surface area contributed by atoms with Gasteiger partial charge >= 0.3 is 11.9 Å². The maximum Gasteiger partial charge on any atom is 0.309 e. The minimum Gasteiger partial charge on any atom is -0.464 e. The second kappa shape index (κ2) is 20.5. The molecule has 1 aromatic rings. The number of halogens is 1. The molecule has 2 heterocycles. The van der Waals surface area contributed by atoms with E-state index in [2.05, 4.69) is 41.8 Å². The van der Waals surface area contributed by atoms with E-state index in [1.54, 1.807) is 12.2 Å². The molecular weight excluding hydrogens is 666 g/mol. The molecule has 0 aromatic heterocycles. The first-order chi connectivity index (χ1) is 24.4. The second-order valence-corrected chi connectivity index (χ2v) is 16.1. The summed E-state index contributed by atoms with van der Waals surface area (Å²) in [6.45, 7) is 13.8. The van der Waals surface area contributed by atoms with Gasteiger partial charge in [-0.1, -0.05) is 70.0 Å². The highest BCUT2D eigenvalue weighted by molar-refractivity contribution is 6.30. The van der Waals surface area contributed by atoms with Crippen molar-refractivity contribution in [1.29, 1.82) is 5.26 Å². The van der Waals surface area contributed by atoms with Gasteiger partial charge < -0.3 is 19.7 Å². The third kappa shape index (κ3) is 13.0. The normalized spacial score (nSPS) is 34.3. The van der Waals surface area contributed by atoms with E-state index >= 15 is 0 Å². The first-order valence-corrected chi connectivity index (χ1v) is 19.5. The number of hydrogen-bond donors (Lipinski definition) is 2. The topological polar surface area (TPSA) is 123 Å². The van der Waals surface area contributed by atoms with Crippen LogP contribution in [0, 0.1) is 46.8 Å². The van der Waals surface area contributed by atoms with Crippen LogP contribution in [0.25, 0.3) is 0 Å². The average molecular weight is 726 g/mol. The van der Waals surface area contributed by atoms with Gasteiger partial charge in [0.15, 0.2) is 0 Å². The predicted molar refractivity (Wildman–Crippen MR) is 199 cm³/mol. The first-order valence-electron chi connectivity index (χ1n) is 19.1. The molecule has 2 N–H and O–H groups in total. The predicted octanol–water partition coefficient (Wildman–Crippen LogP) is 6.57. The van der Waals surface area contributed by atoms with Crippen molar-refractivity contribution in [3.8, 4) is 6.07 Å². The Kier molecular flexibility index (Phi) is 16.5. The largest absolute Gasteiger partial charge is 0.464 e. The van der Waals surface area contributed by atoms with Crippen LogP contribution in [-0.2, 0) is 25.6 Å². The van der Waals surface area contributed by atoms with Gasteiger partial charge in [0.05, 0.1) is 36.2 Å². The molecule has 0 unspecified atom stereocenters. The molecular formula is C41H60ClN3O6. The van der Waals surface area contributed by atoms with E-state index in [9.17, 15) is 25.1 Å². The number of piperazine rings is 1. The third-order valence-corrected chi connectivity index (χ3v) is 11.5. The van der Waals surface area contributed by atoms with Crippen LogP contribution in [0.15, 0.2) is 48.1 Å². The molecule has 1 saturated carbocycles. The van der Waals surface area contributed by atoms with Gasteiger partial charge in [-0.15, -0.1) is 0 Å². The molecule has 51 heavy (non-hydrogen) atoms. The summed E-state index contributed by atoms with van der Waals surface area (Å²) in [6.07, 6.45) is 7.88. The SMILES string of the molecule is C[C@@H]1C[C@H](C)C[C@H](C)[C@@H](O)CC(=O)O[C@H]([C@@H]2CCC[C@H]2C(=O)OCCN2CCN(Cc3ccc(Cl)cc3)CC2)C/C=C/C=C(/C#N)[C@H](O)[C@@H](C)C1. The summed E-state index contributed by atoms with van der Waals surface area (Å²) in [4.78, 5) is 31.5. The van der Waals surface area contributed by atoms with E-state index in [0.717, 1.165) is 69.9 Å². The minimum absolute atomic E-state index is 0.0860. The molecule has 0 spiro atoms. The molecule has 9 nitrogen and oxygen atoms in total. The van der Waals surface area contributed by atoms with Crippen LogP contribution < -0.4 is 0 Å². The highest BCUT2D eigenvalue weighted by atomic mass is 35.5. The number of ether oxygens (including phenoxy) is 2. The molecule has 3 aliphatic rings. The zero-order valence-corrected chi connectivity index (χ0v) is 31.8. The fourth-order valence-electron chi connectivity index (χ4n) is 8.35. The molecule has 10 heteroatoms. The molecule has 2 fully saturated rings. The van der Waals surface area contributed by atoms with E-state index in [-0.39, 0.29) is 36.1 Å². The van der Waals surface area contributed by atoms with E-state index in [4.69, 9.17) is 21.1 Å². The van der Waals surface area contributed by atoms with Crippen molar-refractivity contribution in [3.63, 3.8) is 0 Å². The van der Waals surface area contributed by atoms with Gasteiger partial charge in [0.1, 0.15) is 12.7 Å². The van der Waals surface area contributed by atoms with Gasteiger partial charge in [-0.3, -0.25) is 19.4 Å². The van der Waals surface area contributed by atoms with Crippen LogP contribution in [0.4, 0.5) is 0 Å². The van der Waals surface area contributed by atoms with Crippen LogP contribution >= 0.6 is 11.6 Å². The Labute approximate surface area is 310 Å². The first kappa shape index (κ1) is 41.0. The summed E-state index contributed by atoms with van der Waals surface area (Å²) in [5.74, 6) is -0.840. The van der Waals surface area contributed by atoms with Gasteiger partial charge in [-0.2, -0.15) is 5.26 Å². The number of esters is 2. The summed E-state index contributed by atoms with van der Waals surface area (Å²) in [7, 11) is 0. The summed E-state index contributed by atoms with van der Waals surface area (Å²) >= 11 is 6.03. The van der Waals surface area contributed by atoms with Crippen molar-refractivity contribution < 1.29 is 29.3 Å². The number of hydrogen-bond acceptors (Lipinski definition) is 9. The van der Waals surface area contributed by atoms with Gasteiger partial charge in [0.25, 0.3) is 0 Å². The van der Waals surface area contributed by atoms with Crippen molar-refractivity contribution >= 4 is 23.5 Å². The Morgan fingerprint density at radius 3 is 2.33 bits per heavy atom. The van der Waals surface area contributed by atoms with Crippen molar-refractivity contribution in [3.05, 3.63) is 58.7 Å². The van der Waals surface area contributed by atoms with Crippen LogP contribution in [0.3, 0.4) is 0 Å². The number of aliphatic hydroxyl groups excluding tert-OH is 2. The summed E-state index contributed by atoms with van der Waals surface area (Å²) in [5.41, 5.74) is 1.54. The molecule has 1 aliphatic carbocycles. The van der Waals surface area contributed by atoms with Crippen LogP contribution in [0.2, 0.25) is 5.02 Å². The van der Waals surface area contributed by atoms with Crippen LogP contribution in [-0.4, -0.2) is 89.6 Å². The number of carbonyl (C=O) groups excluding carboxylic acids is 2. The zero-order valence-electron chi connectivity index (χ0n) is 31.1. The van der Waals surface area contributed by atoms with E-state index in [1.807, 2.05) is 32.1 Å². The van der Waals surface area contributed by atoms with E-state index < -0.39 is 24.3 Å². The number of carbonyl (C=O) groups is 2. The van der Waals surface area contributed by atoms with Crippen molar-refractivity contribution in [2.24, 2.45) is 35.5 Å². The number of benzene rings is 1. The van der Waals surface area contributed by atoms with Gasteiger partial charge in [0, 0.05) is 56.6 Å². The number of nitriles is 1. The lowest BCUT2D eigenvalue weighted by molar-refractivity contribution is -0.161. The second-order valence-electron chi connectivity index (χ2n) is 15.6. The van der Waals surface area contributed by atoms with Crippen molar-refractivity contribution in [2.45, 2.75) is 104 Å².